The minimum Gasteiger partial charge on any atom is -0.385 e. The molecule has 1 aliphatic carbocycles. The SMILES string of the molecule is CCNC1=C(C)CCC=C1C. The molecule has 0 radical (unpaired) electrons. The summed E-state index contributed by atoms with van der Waals surface area (Å²) in [4.78, 5) is 0. The monoisotopic (exact) mass is 151 g/mol. The third-order valence-corrected chi connectivity index (χ3v) is 2.14. The van der Waals surface area contributed by atoms with Crippen LogP contribution < -0.4 is 5.32 Å². The summed E-state index contributed by atoms with van der Waals surface area (Å²) in [5.41, 5.74) is 4.29. The van der Waals surface area contributed by atoms with Crippen LogP contribution in [-0.4, -0.2) is 6.54 Å². The smallest absolute Gasteiger partial charge is 0.0355 e. The third kappa shape index (κ3) is 1.86. The fourth-order valence-corrected chi connectivity index (χ4v) is 1.54. The Hall–Kier alpha value is -0.720. The molecule has 0 atom stereocenters. The number of rotatable bonds is 2. The Morgan fingerprint density at radius 1 is 1.45 bits per heavy atom. The van der Waals surface area contributed by atoms with Gasteiger partial charge in [-0.3, -0.25) is 0 Å². The van der Waals surface area contributed by atoms with Crippen molar-refractivity contribution >= 4 is 0 Å². The summed E-state index contributed by atoms with van der Waals surface area (Å²) >= 11 is 0. The van der Waals surface area contributed by atoms with E-state index in [9.17, 15) is 0 Å². The van der Waals surface area contributed by atoms with Crippen LogP contribution in [0.5, 0.6) is 0 Å². The molecule has 0 bridgehead atoms. The summed E-state index contributed by atoms with van der Waals surface area (Å²) in [7, 11) is 0. The van der Waals surface area contributed by atoms with E-state index in [1.807, 2.05) is 0 Å². The van der Waals surface area contributed by atoms with E-state index in [2.05, 4.69) is 32.2 Å². The van der Waals surface area contributed by atoms with Crippen LogP contribution in [0, 0.1) is 0 Å². The Balaban J connectivity index is 2.76. The van der Waals surface area contributed by atoms with Crippen LogP contribution in [0.25, 0.3) is 0 Å². The Bertz CT molecular complexity index is 199. The van der Waals surface area contributed by atoms with E-state index in [1.165, 1.54) is 29.7 Å². The molecule has 0 saturated heterocycles. The first-order valence-electron chi connectivity index (χ1n) is 4.36. The zero-order chi connectivity index (χ0) is 8.27. The molecule has 0 heterocycles. The zero-order valence-corrected chi connectivity index (χ0v) is 7.70. The van der Waals surface area contributed by atoms with Gasteiger partial charge in [0.2, 0.25) is 0 Å². The topological polar surface area (TPSA) is 12.0 Å². The van der Waals surface area contributed by atoms with Crippen molar-refractivity contribution in [2.24, 2.45) is 0 Å². The molecule has 0 aliphatic heterocycles. The lowest BCUT2D eigenvalue weighted by atomic mass is 9.98. The molecule has 62 valence electrons. The van der Waals surface area contributed by atoms with E-state index in [-0.39, 0.29) is 0 Å². The van der Waals surface area contributed by atoms with Crippen LogP contribution in [0.4, 0.5) is 0 Å². The molecule has 1 nitrogen and oxygen atoms in total. The molecule has 0 aromatic rings. The van der Waals surface area contributed by atoms with E-state index in [4.69, 9.17) is 0 Å². The van der Waals surface area contributed by atoms with Gasteiger partial charge in [0.25, 0.3) is 0 Å². The first-order chi connectivity index (χ1) is 5.25. The van der Waals surface area contributed by atoms with Gasteiger partial charge in [0.15, 0.2) is 0 Å². The second-order valence-electron chi connectivity index (χ2n) is 3.11. The average molecular weight is 151 g/mol. The quantitative estimate of drug-likeness (QED) is 0.639. The molecule has 1 aliphatic rings. The Labute approximate surface area is 69.2 Å². The zero-order valence-electron chi connectivity index (χ0n) is 7.70. The van der Waals surface area contributed by atoms with Gasteiger partial charge in [-0.05, 0) is 44.8 Å². The fraction of sp³-hybridized carbons (Fsp3) is 0.600. The summed E-state index contributed by atoms with van der Waals surface area (Å²) < 4.78 is 0. The average Bonchev–Trinajstić information content (AvgIpc) is 1.97. The highest BCUT2D eigenvalue weighted by Gasteiger charge is 2.07. The van der Waals surface area contributed by atoms with Crippen LogP contribution in [0.1, 0.15) is 33.6 Å². The van der Waals surface area contributed by atoms with Gasteiger partial charge in [-0.15, -0.1) is 0 Å². The summed E-state index contributed by atoms with van der Waals surface area (Å²) in [5.74, 6) is 0. The van der Waals surface area contributed by atoms with Gasteiger partial charge in [-0.25, -0.2) is 0 Å². The van der Waals surface area contributed by atoms with Crippen molar-refractivity contribution in [3.63, 3.8) is 0 Å². The fourth-order valence-electron chi connectivity index (χ4n) is 1.54. The van der Waals surface area contributed by atoms with Crippen LogP contribution in [-0.2, 0) is 0 Å². The summed E-state index contributed by atoms with van der Waals surface area (Å²) in [6.45, 7) is 7.56. The Morgan fingerprint density at radius 3 is 2.73 bits per heavy atom. The van der Waals surface area contributed by atoms with E-state index in [1.54, 1.807) is 0 Å². The van der Waals surface area contributed by atoms with E-state index < -0.39 is 0 Å². The van der Waals surface area contributed by atoms with Gasteiger partial charge in [0, 0.05) is 12.2 Å². The Morgan fingerprint density at radius 2 is 2.18 bits per heavy atom. The molecule has 0 aromatic carbocycles. The van der Waals surface area contributed by atoms with Gasteiger partial charge in [-0.1, -0.05) is 6.08 Å². The van der Waals surface area contributed by atoms with Crippen molar-refractivity contribution in [3.8, 4) is 0 Å². The molecule has 11 heavy (non-hydrogen) atoms. The first kappa shape index (κ1) is 8.38. The highest BCUT2D eigenvalue weighted by Crippen LogP contribution is 2.21. The minimum atomic E-state index is 1.03. The van der Waals surface area contributed by atoms with E-state index in [0.717, 1.165) is 6.54 Å². The predicted molar refractivity (Wildman–Crippen MR) is 49.4 cm³/mol. The van der Waals surface area contributed by atoms with Gasteiger partial charge in [0.1, 0.15) is 0 Å². The Kier molecular flexibility index (Phi) is 2.75. The number of hydrogen-bond acceptors (Lipinski definition) is 1. The minimum absolute atomic E-state index is 1.03. The number of allylic oxidation sites excluding steroid dienone is 3. The van der Waals surface area contributed by atoms with E-state index in [0.29, 0.717) is 0 Å². The molecule has 1 N–H and O–H groups in total. The maximum absolute atomic E-state index is 3.40. The van der Waals surface area contributed by atoms with Gasteiger partial charge < -0.3 is 5.32 Å². The molecule has 0 spiro atoms. The highest BCUT2D eigenvalue weighted by molar-refractivity contribution is 5.34. The number of nitrogens with one attached hydrogen (secondary N) is 1. The van der Waals surface area contributed by atoms with Crippen LogP contribution in [0.3, 0.4) is 0 Å². The summed E-state index contributed by atoms with van der Waals surface area (Å²) in [6, 6.07) is 0. The summed E-state index contributed by atoms with van der Waals surface area (Å²) in [5, 5.41) is 3.40. The molecule has 1 heteroatoms. The van der Waals surface area contributed by atoms with E-state index >= 15 is 0 Å². The van der Waals surface area contributed by atoms with Crippen LogP contribution in [0.15, 0.2) is 22.9 Å². The normalized spacial score (nSPS) is 18.3. The lowest BCUT2D eigenvalue weighted by Gasteiger charge is -2.18. The maximum atomic E-state index is 3.40. The molecule has 0 fully saturated rings. The van der Waals surface area contributed by atoms with Crippen molar-refractivity contribution < 1.29 is 0 Å². The van der Waals surface area contributed by atoms with Crippen molar-refractivity contribution in [3.05, 3.63) is 22.9 Å². The molecular weight excluding hydrogens is 134 g/mol. The lowest BCUT2D eigenvalue weighted by molar-refractivity contribution is 0.798. The van der Waals surface area contributed by atoms with Gasteiger partial charge in [0.05, 0.1) is 0 Å². The van der Waals surface area contributed by atoms with Crippen molar-refractivity contribution in [1.29, 1.82) is 0 Å². The van der Waals surface area contributed by atoms with Crippen molar-refractivity contribution in [2.75, 3.05) is 6.54 Å². The van der Waals surface area contributed by atoms with Crippen molar-refractivity contribution in [1.82, 2.24) is 5.32 Å². The predicted octanol–water partition coefficient (Wildman–Crippen LogP) is 2.61. The highest BCUT2D eigenvalue weighted by atomic mass is 14.9. The first-order valence-corrected chi connectivity index (χ1v) is 4.36. The lowest BCUT2D eigenvalue weighted by Crippen LogP contribution is -2.16. The van der Waals surface area contributed by atoms with Crippen LogP contribution >= 0.6 is 0 Å². The van der Waals surface area contributed by atoms with Gasteiger partial charge in [-0.2, -0.15) is 0 Å². The molecule has 0 amide bonds. The van der Waals surface area contributed by atoms with Crippen molar-refractivity contribution in [2.45, 2.75) is 33.6 Å². The molecular formula is C10H17N. The standard InChI is InChI=1S/C10H17N/c1-4-11-10-8(2)6-5-7-9(10)3/h6,11H,4-5,7H2,1-3H3. The number of likely N-dealkylation sites (N-methyl/N-ethyl adjacent to an activating group) is 1. The van der Waals surface area contributed by atoms with Crippen LogP contribution in [0.2, 0.25) is 0 Å². The van der Waals surface area contributed by atoms with Gasteiger partial charge >= 0.3 is 0 Å². The molecule has 0 saturated carbocycles. The molecule has 1 rings (SSSR count). The largest absolute Gasteiger partial charge is 0.385 e. The molecule has 0 aromatic heterocycles. The molecule has 0 unspecified atom stereocenters. The number of hydrogen-bond donors (Lipinski definition) is 1. The summed E-state index contributed by atoms with van der Waals surface area (Å²) in [6.07, 6.45) is 4.75. The second kappa shape index (κ2) is 3.61. The second-order valence-corrected chi connectivity index (χ2v) is 3.11. The third-order valence-electron chi connectivity index (χ3n) is 2.14. The maximum Gasteiger partial charge on any atom is 0.0355 e.